The second-order valence-corrected chi connectivity index (χ2v) is 10.7. The number of halogens is 1. The van der Waals surface area contributed by atoms with Gasteiger partial charge in [0.05, 0.1) is 36.5 Å². The molecule has 0 unspecified atom stereocenters. The average molecular weight is 555 g/mol. The van der Waals surface area contributed by atoms with Crippen LogP contribution in [0.5, 0.6) is 11.5 Å². The van der Waals surface area contributed by atoms with Crippen molar-refractivity contribution in [2.75, 3.05) is 24.4 Å². The summed E-state index contributed by atoms with van der Waals surface area (Å²) >= 11 is 1.35. The third kappa shape index (κ3) is 4.54. The number of ether oxygens (including phenoxy) is 2. The van der Waals surface area contributed by atoms with E-state index in [4.69, 9.17) is 9.47 Å². The van der Waals surface area contributed by atoms with E-state index < -0.39 is 6.04 Å². The Morgan fingerprint density at radius 3 is 2.40 bits per heavy atom. The molecule has 40 heavy (non-hydrogen) atoms. The molecular formula is C32H27FN2O4S. The SMILES string of the molecule is COc1ccc([C@@H]2CC(=O)C3=C(C2)Nc2ccccc2N(C(=O)c2cccs2)[C@H]3c2ccc(F)cc2)cc1OC. The number of methoxy groups -OCH3 is 2. The van der Waals surface area contributed by atoms with Gasteiger partial charge in [0.2, 0.25) is 0 Å². The minimum absolute atomic E-state index is 0.0698. The lowest BCUT2D eigenvalue weighted by atomic mass is 9.78. The Morgan fingerprint density at radius 2 is 1.68 bits per heavy atom. The molecule has 1 aliphatic heterocycles. The number of anilines is 2. The maximum atomic E-state index is 14.1. The zero-order valence-corrected chi connectivity index (χ0v) is 22.8. The number of ketones is 1. The molecule has 202 valence electrons. The fourth-order valence-corrected chi connectivity index (χ4v) is 6.30. The van der Waals surface area contributed by atoms with Crippen molar-refractivity contribution in [1.82, 2.24) is 0 Å². The van der Waals surface area contributed by atoms with E-state index >= 15 is 0 Å². The Morgan fingerprint density at radius 1 is 0.925 bits per heavy atom. The molecule has 3 aromatic carbocycles. The van der Waals surface area contributed by atoms with Crippen LogP contribution in [0.15, 0.2) is 95.5 Å². The molecule has 0 spiro atoms. The predicted molar refractivity (Wildman–Crippen MR) is 154 cm³/mol. The maximum Gasteiger partial charge on any atom is 0.269 e. The van der Waals surface area contributed by atoms with Crippen molar-refractivity contribution in [1.29, 1.82) is 0 Å². The van der Waals surface area contributed by atoms with Gasteiger partial charge in [-0.2, -0.15) is 0 Å². The zero-order chi connectivity index (χ0) is 27.8. The minimum atomic E-state index is -0.736. The van der Waals surface area contributed by atoms with Crippen molar-refractivity contribution in [3.8, 4) is 11.5 Å². The predicted octanol–water partition coefficient (Wildman–Crippen LogP) is 7.12. The molecule has 6 rings (SSSR count). The van der Waals surface area contributed by atoms with Gasteiger partial charge >= 0.3 is 0 Å². The molecule has 0 fully saturated rings. The van der Waals surface area contributed by atoms with Crippen molar-refractivity contribution in [2.24, 2.45) is 0 Å². The quantitative estimate of drug-likeness (QED) is 0.285. The average Bonchev–Trinajstić information content (AvgIpc) is 3.47. The summed E-state index contributed by atoms with van der Waals surface area (Å²) in [6.07, 6.45) is 0.800. The fraction of sp³-hybridized carbons (Fsp3) is 0.188. The van der Waals surface area contributed by atoms with Gasteiger partial charge in [-0.25, -0.2) is 4.39 Å². The van der Waals surface area contributed by atoms with Crippen LogP contribution in [0.4, 0.5) is 15.8 Å². The minimum Gasteiger partial charge on any atom is -0.493 e. The number of carbonyl (C=O) groups excluding carboxylic acids is 2. The van der Waals surface area contributed by atoms with Gasteiger partial charge in [0, 0.05) is 17.7 Å². The van der Waals surface area contributed by atoms with Crippen LogP contribution in [0.3, 0.4) is 0 Å². The number of benzene rings is 3. The Labute approximate surface area is 235 Å². The molecule has 2 atom stereocenters. The van der Waals surface area contributed by atoms with Gasteiger partial charge in [-0.05, 0) is 71.3 Å². The van der Waals surface area contributed by atoms with E-state index in [1.165, 1.54) is 23.5 Å². The number of hydrogen-bond acceptors (Lipinski definition) is 6. The number of Topliss-reactive ketones (excluding diaryl/α,β-unsaturated/α-hetero) is 1. The van der Waals surface area contributed by atoms with E-state index in [1.807, 2.05) is 53.9 Å². The van der Waals surface area contributed by atoms with E-state index in [-0.39, 0.29) is 29.8 Å². The van der Waals surface area contributed by atoms with Crippen molar-refractivity contribution in [2.45, 2.75) is 24.8 Å². The monoisotopic (exact) mass is 554 g/mol. The van der Waals surface area contributed by atoms with E-state index in [9.17, 15) is 14.0 Å². The van der Waals surface area contributed by atoms with Crippen LogP contribution in [0.25, 0.3) is 0 Å². The summed E-state index contributed by atoms with van der Waals surface area (Å²) in [5.41, 5.74) is 4.27. The molecule has 0 bridgehead atoms. The number of hydrogen-bond donors (Lipinski definition) is 1. The number of allylic oxidation sites excluding steroid dienone is 1. The van der Waals surface area contributed by atoms with Crippen molar-refractivity contribution >= 4 is 34.4 Å². The van der Waals surface area contributed by atoms with Gasteiger partial charge in [0.25, 0.3) is 5.91 Å². The highest BCUT2D eigenvalue weighted by Gasteiger charge is 2.42. The van der Waals surface area contributed by atoms with Crippen molar-refractivity contribution in [3.63, 3.8) is 0 Å². The molecule has 1 amide bonds. The first kappa shape index (κ1) is 25.8. The van der Waals surface area contributed by atoms with Gasteiger partial charge in [-0.1, -0.05) is 36.4 Å². The summed E-state index contributed by atoms with van der Waals surface area (Å²) in [4.78, 5) is 30.5. The van der Waals surface area contributed by atoms with E-state index in [0.717, 1.165) is 16.9 Å². The number of fused-ring (bicyclic) bond motifs is 1. The Hall–Kier alpha value is -4.43. The summed E-state index contributed by atoms with van der Waals surface area (Å²) in [6, 6.07) is 22.2. The summed E-state index contributed by atoms with van der Waals surface area (Å²) in [5.74, 6) is 0.433. The standard InChI is InChI=1S/C32H27FN2O4S/c1-38-27-14-11-20(18-28(27)39-2)21-16-24-30(26(36)17-21)31(19-9-12-22(33)13-10-19)35(32(37)29-8-5-15-40-29)25-7-4-3-6-23(25)34-24/h3-15,18,21,31,34H,16-17H2,1-2H3/t21-,31-/m0/s1. The molecule has 2 aliphatic rings. The normalized spacial score (nSPS) is 18.4. The molecule has 6 nitrogen and oxygen atoms in total. The highest BCUT2D eigenvalue weighted by atomic mass is 32.1. The molecule has 0 radical (unpaired) electrons. The Balaban J connectivity index is 1.52. The number of para-hydroxylation sites is 2. The van der Waals surface area contributed by atoms with Crippen LogP contribution in [0.1, 0.15) is 45.6 Å². The first-order valence-electron chi connectivity index (χ1n) is 12.9. The van der Waals surface area contributed by atoms with Crippen molar-refractivity contribution in [3.05, 3.63) is 117 Å². The molecule has 0 saturated carbocycles. The second-order valence-electron chi connectivity index (χ2n) is 9.78. The summed E-state index contributed by atoms with van der Waals surface area (Å²) in [5, 5.41) is 5.38. The van der Waals surface area contributed by atoms with Gasteiger partial charge in [0.15, 0.2) is 17.3 Å². The third-order valence-corrected chi connectivity index (χ3v) is 8.36. The lowest BCUT2D eigenvalue weighted by Crippen LogP contribution is -2.38. The number of nitrogens with one attached hydrogen (secondary N) is 1. The lowest BCUT2D eigenvalue weighted by Gasteiger charge is -2.35. The highest BCUT2D eigenvalue weighted by molar-refractivity contribution is 7.12. The second kappa shape index (κ2) is 10.6. The molecular weight excluding hydrogens is 527 g/mol. The molecule has 1 aliphatic carbocycles. The van der Waals surface area contributed by atoms with E-state index in [0.29, 0.717) is 39.6 Å². The zero-order valence-electron chi connectivity index (χ0n) is 22.0. The van der Waals surface area contributed by atoms with Crippen LogP contribution in [0.2, 0.25) is 0 Å². The molecule has 1 aromatic heterocycles. The molecule has 8 heteroatoms. The number of carbonyl (C=O) groups is 2. The summed E-state index contributed by atoms with van der Waals surface area (Å²) < 4.78 is 24.9. The number of nitrogens with zero attached hydrogens (tertiary/aromatic N) is 1. The lowest BCUT2D eigenvalue weighted by molar-refractivity contribution is -0.116. The van der Waals surface area contributed by atoms with Gasteiger partial charge in [-0.15, -0.1) is 11.3 Å². The number of amides is 1. The summed E-state index contributed by atoms with van der Waals surface area (Å²) in [7, 11) is 3.18. The topological polar surface area (TPSA) is 67.9 Å². The van der Waals surface area contributed by atoms with Crippen molar-refractivity contribution < 1.29 is 23.5 Å². The fourth-order valence-electron chi connectivity index (χ4n) is 5.64. The maximum absolute atomic E-state index is 14.1. The highest BCUT2D eigenvalue weighted by Crippen LogP contribution is 2.48. The number of rotatable bonds is 5. The van der Waals surface area contributed by atoms with E-state index in [1.54, 1.807) is 37.3 Å². The van der Waals surface area contributed by atoms with Crippen LogP contribution >= 0.6 is 11.3 Å². The van der Waals surface area contributed by atoms with Crippen LogP contribution < -0.4 is 19.7 Å². The van der Waals surface area contributed by atoms with Gasteiger partial charge < -0.3 is 14.8 Å². The Kier molecular flexibility index (Phi) is 6.86. The van der Waals surface area contributed by atoms with Crippen LogP contribution in [-0.4, -0.2) is 25.9 Å². The third-order valence-electron chi connectivity index (χ3n) is 7.50. The summed E-state index contributed by atoms with van der Waals surface area (Å²) in [6.45, 7) is 0. The van der Waals surface area contributed by atoms with E-state index in [2.05, 4.69) is 5.32 Å². The molecule has 2 heterocycles. The van der Waals surface area contributed by atoms with Crippen LogP contribution in [0, 0.1) is 5.82 Å². The van der Waals surface area contributed by atoms with Crippen LogP contribution in [-0.2, 0) is 4.79 Å². The largest absolute Gasteiger partial charge is 0.493 e. The molecule has 4 aromatic rings. The first-order chi connectivity index (χ1) is 19.5. The first-order valence-corrected chi connectivity index (χ1v) is 13.8. The molecule has 1 N–H and O–H groups in total. The molecule has 0 saturated heterocycles. The smallest absolute Gasteiger partial charge is 0.269 e. The Bertz CT molecular complexity index is 1610. The number of thiophene rings is 1. The van der Waals surface area contributed by atoms with Gasteiger partial charge in [-0.3, -0.25) is 14.5 Å². The van der Waals surface area contributed by atoms with Gasteiger partial charge in [0.1, 0.15) is 5.82 Å².